The van der Waals surface area contributed by atoms with Gasteiger partial charge in [-0.2, -0.15) is 0 Å². The lowest BCUT2D eigenvalue weighted by molar-refractivity contribution is -0.396. The van der Waals surface area contributed by atoms with Crippen molar-refractivity contribution in [1.82, 2.24) is 9.55 Å². The zero-order valence-corrected chi connectivity index (χ0v) is 7.41. The molecular formula is C7H11N3O4. The molecule has 0 aliphatic carbocycles. The number of aryl methyl sites for hydroxylation is 1. The number of aliphatic hydroxyl groups excluding tert-OH is 2. The molecule has 0 aliphatic rings. The van der Waals surface area contributed by atoms with Gasteiger partial charge in [0.15, 0.2) is 0 Å². The van der Waals surface area contributed by atoms with Crippen LogP contribution >= 0.6 is 0 Å². The van der Waals surface area contributed by atoms with Gasteiger partial charge in [-0.05, 0) is 4.92 Å². The average molecular weight is 201 g/mol. The van der Waals surface area contributed by atoms with Crippen LogP contribution in [0.1, 0.15) is 6.42 Å². The fourth-order valence-electron chi connectivity index (χ4n) is 1.03. The predicted octanol–water partition coefficient (Wildman–Crippen LogP) is -0.465. The molecule has 1 aromatic heterocycles. The lowest BCUT2D eigenvalue weighted by Gasteiger charge is -2.05. The summed E-state index contributed by atoms with van der Waals surface area (Å²) in [6.07, 6.45) is 2.19. The Kier molecular flexibility index (Phi) is 3.55. The first-order chi connectivity index (χ1) is 6.65. The Bertz CT molecular complexity index is 312. The van der Waals surface area contributed by atoms with E-state index in [0.717, 1.165) is 0 Å². The Labute approximate surface area is 79.8 Å². The van der Waals surface area contributed by atoms with Crippen LogP contribution < -0.4 is 0 Å². The highest BCUT2D eigenvalue weighted by atomic mass is 16.6. The highest BCUT2D eigenvalue weighted by Crippen LogP contribution is 2.08. The second-order valence-electron chi connectivity index (χ2n) is 2.80. The standard InChI is InChI=1S/C7H11N3O4/c11-5-6(12)1-3-9-4-2-8-7(9)10(13)14/h2,4,6,11-12H,1,3,5H2. The van der Waals surface area contributed by atoms with Gasteiger partial charge in [0, 0.05) is 6.42 Å². The zero-order valence-electron chi connectivity index (χ0n) is 7.41. The summed E-state index contributed by atoms with van der Waals surface area (Å²) in [6, 6.07) is 0. The van der Waals surface area contributed by atoms with Crippen molar-refractivity contribution in [2.45, 2.75) is 19.1 Å². The topological polar surface area (TPSA) is 101 Å². The van der Waals surface area contributed by atoms with Crippen LogP contribution in [0, 0.1) is 10.1 Å². The number of rotatable bonds is 5. The summed E-state index contributed by atoms with van der Waals surface area (Å²) in [5.41, 5.74) is 0. The minimum Gasteiger partial charge on any atom is -0.394 e. The molecule has 0 saturated carbocycles. The molecule has 7 heteroatoms. The highest BCUT2D eigenvalue weighted by molar-refractivity contribution is 5.06. The van der Waals surface area contributed by atoms with Crippen LogP contribution in [0.5, 0.6) is 0 Å². The molecule has 1 heterocycles. The van der Waals surface area contributed by atoms with E-state index in [-0.39, 0.29) is 25.5 Å². The number of hydrogen-bond acceptors (Lipinski definition) is 5. The molecule has 0 bridgehead atoms. The van der Waals surface area contributed by atoms with Gasteiger partial charge in [-0.1, -0.05) is 4.98 Å². The van der Waals surface area contributed by atoms with Gasteiger partial charge in [0.2, 0.25) is 0 Å². The molecule has 0 saturated heterocycles. The second kappa shape index (κ2) is 4.68. The summed E-state index contributed by atoms with van der Waals surface area (Å²) in [6.45, 7) is -0.0828. The molecule has 0 radical (unpaired) electrons. The first-order valence-electron chi connectivity index (χ1n) is 4.09. The summed E-state index contributed by atoms with van der Waals surface area (Å²) >= 11 is 0. The SMILES string of the molecule is O=[N+]([O-])c1nccn1CCC(O)CO. The lowest BCUT2D eigenvalue weighted by Crippen LogP contribution is -2.15. The van der Waals surface area contributed by atoms with Crippen LogP contribution in [0.3, 0.4) is 0 Å². The van der Waals surface area contributed by atoms with E-state index >= 15 is 0 Å². The van der Waals surface area contributed by atoms with Crippen molar-refractivity contribution in [3.8, 4) is 0 Å². The third-order valence-electron chi connectivity index (χ3n) is 1.77. The summed E-state index contributed by atoms with van der Waals surface area (Å²) < 4.78 is 1.32. The molecule has 78 valence electrons. The van der Waals surface area contributed by atoms with E-state index in [9.17, 15) is 10.1 Å². The molecule has 0 spiro atoms. The van der Waals surface area contributed by atoms with Gasteiger partial charge in [-0.3, -0.25) is 0 Å². The number of nitrogens with zero attached hydrogens (tertiary/aromatic N) is 3. The molecule has 0 amide bonds. The minimum atomic E-state index is -0.850. The van der Waals surface area contributed by atoms with Crippen LogP contribution in [0.25, 0.3) is 0 Å². The number of aliphatic hydroxyl groups is 2. The van der Waals surface area contributed by atoms with Crippen molar-refractivity contribution in [1.29, 1.82) is 0 Å². The van der Waals surface area contributed by atoms with E-state index in [1.54, 1.807) is 0 Å². The van der Waals surface area contributed by atoms with Gasteiger partial charge in [0.25, 0.3) is 0 Å². The van der Waals surface area contributed by atoms with Gasteiger partial charge in [-0.25, -0.2) is 4.57 Å². The third kappa shape index (κ3) is 2.51. The Morgan fingerprint density at radius 1 is 1.71 bits per heavy atom. The van der Waals surface area contributed by atoms with Crippen molar-refractivity contribution < 1.29 is 15.1 Å². The maximum absolute atomic E-state index is 10.4. The Balaban J connectivity index is 2.58. The first kappa shape index (κ1) is 10.6. The van der Waals surface area contributed by atoms with Crippen LogP contribution in [0.4, 0.5) is 5.95 Å². The molecule has 7 nitrogen and oxygen atoms in total. The van der Waals surface area contributed by atoms with Crippen LogP contribution in [-0.4, -0.2) is 37.4 Å². The van der Waals surface area contributed by atoms with Gasteiger partial charge < -0.3 is 20.3 Å². The van der Waals surface area contributed by atoms with Gasteiger partial charge in [0.05, 0.1) is 19.3 Å². The van der Waals surface area contributed by atoms with Crippen molar-refractivity contribution in [2.75, 3.05) is 6.61 Å². The molecule has 0 aromatic carbocycles. The third-order valence-corrected chi connectivity index (χ3v) is 1.77. The summed E-state index contributed by atoms with van der Waals surface area (Å²) in [5.74, 6) is -0.255. The molecule has 2 N–H and O–H groups in total. The minimum absolute atomic E-state index is 0.255. The Morgan fingerprint density at radius 2 is 2.43 bits per heavy atom. The summed E-state index contributed by atoms with van der Waals surface area (Å²) in [5, 5.41) is 28.0. The Hall–Kier alpha value is -1.47. The number of hydrogen-bond donors (Lipinski definition) is 2. The van der Waals surface area contributed by atoms with Gasteiger partial charge in [-0.15, -0.1) is 0 Å². The van der Waals surface area contributed by atoms with Crippen molar-refractivity contribution >= 4 is 5.95 Å². The number of nitro groups is 1. The van der Waals surface area contributed by atoms with E-state index < -0.39 is 11.0 Å². The molecule has 1 unspecified atom stereocenters. The van der Waals surface area contributed by atoms with E-state index in [2.05, 4.69) is 4.98 Å². The Morgan fingerprint density at radius 3 is 3.00 bits per heavy atom. The summed E-state index contributed by atoms with van der Waals surface area (Å²) in [4.78, 5) is 13.4. The van der Waals surface area contributed by atoms with Crippen molar-refractivity contribution in [3.63, 3.8) is 0 Å². The molecular weight excluding hydrogens is 190 g/mol. The smallest absolute Gasteiger partial charge is 0.394 e. The van der Waals surface area contributed by atoms with Crippen LogP contribution in [0.2, 0.25) is 0 Å². The highest BCUT2D eigenvalue weighted by Gasteiger charge is 2.14. The quantitative estimate of drug-likeness (QED) is 0.495. The van der Waals surface area contributed by atoms with E-state index in [1.807, 2.05) is 0 Å². The molecule has 14 heavy (non-hydrogen) atoms. The van der Waals surface area contributed by atoms with Gasteiger partial charge in [0.1, 0.15) is 12.4 Å². The average Bonchev–Trinajstić information content (AvgIpc) is 2.62. The monoisotopic (exact) mass is 201 g/mol. The van der Waals surface area contributed by atoms with E-state index in [1.165, 1.54) is 17.0 Å². The van der Waals surface area contributed by atoms with Crippen molar-refractivity contribution in [3.05, 3.63) is 22.5 Å². The van der Waals surface area contributed by atoms with Crippen LogP contribution in [-0.2, 0) is 6.54 Å². The molecule has 1 aromatic rings. The summed E-state index contributed by atoms with van der Waals surface area (Å²) in [7, 11) is 0. The molecule has 1 atom stereocenters. The largest absolute Gasteiger partial charge is 0.434 e. The van der Waals surface area contributed by atoms with E-state index in [4.69, 9.17) is 10.2 Å². The number of imidazole rings is 1. The molecule has 1 rings (SSSR count). The van der Waals surface area contributed by atoms with Crippen LogP contribution in [0.15, 0.2) is 12.4 Å². The van der Waals surface area contributed by atoms with E-state index in [0.29, 0.717) is 0 Å². The van der Waals surface area contributed by atoms with Crippen molar-refractivity contribution in [2.24, 2.45) is 0 Å². The fourth-order valence-corrected chi connectivity index (χ4v) is 1.03. The number of aromatic nitrogens is 2. The predicted molar refractivity (Wildman–Crippen MR) is 46.6 cm³/mol. The lowest BCUT2D eigenvalue weighted by atomic mass is 10.3. The zero-order chi connectivity index (χ0) is 10.6. The first-order valence-corrected chi connectivity index (χ1v) is 4.09. The maximum Gasteiger partial charge on any atom is 0.434 e. The molecule has 0 fully saturated rings. The fraction of sp³-hybridized carbons (Fsp3) is 0.571. The van der Waals surface area contributed by atoms with Gasteiger partial charge >= 0.3 is 5.95 Å². The normalized spacial score (nSPS) is 12.7. The maximum atomic E-state index is 10.4. The molecule has 0 aliphatic heterocycles. The second-order valence-corrected chi connectivity index (χ2v) is 2.80.